The number of hydrogen-bond acceptors (Lipinski definition) is 3. The van der Waals surface area contributed by atoms with E-state index in [-0.39, 0.29) is 6.04 Å². The van der Waals surface area contributed by atoms with Crippen molar-refractivity contribution in [1.82, 2.24) is 4.90 Å². The Morgan fingerprint density at radius 3 is 2.72 bits per heavy atom. The van der Waals surface area contributed by atoms with Gasteiger partial charge in [-0.25, -0.2) is 0 Å². The fourth-order valence-electron chi connectivity index (χ4n) is 3.55. The zero-order valence-corrected chi connectivity index (χ0v) is 11.2. The van der Waals surface area contributed by atoms with Gasteiger partial charge in [0.05, 0.1) is 6.04 Å². The van der Waals surface area contributed by atoms with Gasteiger partial charge in [-0.15, -0.1) is 0 Å². The van der Waals surface area contributed by atoms with Crippen LogP contribution in [0.25, 0.3) is 0 Å². The van der Waals surface area contributed by atoms with Crippen LogP contribution < -0.4 is 0 Å². The van der Waals surface area contributed by atoms with Gasteiger partial charge in [-0.05, 0) is 30.5 Å². The number of hydrogen-bond donors (Lipinski definition) is 0. The van der Waals surface area contributed by atoms with Gasteiger partial charge in [0, 0.05) is 27.2 Å². The SMILES string of the molecule is COC1(OC)CCCN2CCc3ccccc3C21. The average Bonchev–Trinajstić information content (AvgIpc) is 2.46. The minimum Gasteiger partial charge on any atom is -0.351 e. The number of piperidine rings is 1. The molecule has 1 saturated heterocycles. The second-order valence-corrected chi connectivity index (χ2v) is 5.21. The van der Waals surface area contributed by atoms with E-state index in [2.05, 4.69) is 29.2 Å². The third-order valence-corrected chi connectivity index (χ3v) is 4.46. The molecule has 0 amide bonds. The smallest absolute Gasteiger partial charge is 0.187 e. The molecular weight excluding hydrogens is 226 g/mol. The molecule has 3 heteroatoms. The number of rotatable bonds is 2. The molecule has 0 saturated carbocycles. The quantitative estimate of drug-likeness (QED) is 0.749. The highest BCUT2D eigenvalue weighted by Gasteiger charge is 2.48. The Morgan fingerprint density at radius 2 is 1.94 bits per heavy atom. The van der Waals surface area contributed by atoms with E-state index in [1.807, 2.05) is 0 Å². The molecule has 2 heterocycles. The van der Waals surface area contributed by atoms with Gasteiger partial charge < -0.3 is 9.47 Å². The van der Waals surface area contributed by atoms with E-state index >= 15 is 0 Å². The fourth-order valence-corrected chi connectivity index (χ4v) is 3.55. The van der Waals surface area contributed by atoms with Gasteiger partial charge in [0.2, 0.25) is 0 Å². The molecule has 1 aromatic rings. The summed E-state index contributed by atoms with van der Waals surface area (Å²) in [6.07, 6.45) is 3.24. The monoisotopic (exact) mass is 247 g/mol. The minimum absolute atomic E-state index is 0.242. The first-order valence-corrected chi connectivity index (χ1v) is 6.73. The lowest BCUT2D eigenvalue weighted by Gasteiger charge is -2.50. The van der Waals surface area contributed by atoms with Gasteiger partial charge in [0.15, 0.2) is 5.79 Å². The van der Waals surface area contributed by atoms with Crippen LogP contribution in [0.5, 0.6) is 0 Å². The lowest BCUT2D eigenvalue weighted by atomic mass is 9.82. The van der Waals surface area contributed by atoms with E-state index in [9.17, 15) is 0 Å². The van der Waals surface area contributed by atoms with Crippen molar-refractivity contribution in [2.24, 2.45) is 0 Å². The molecule has 3 rings (SSSR count). The Bertz CT molecular complexity index is 428. The van der Waals surface area contributed by atoms with Gasteiger partial charge in [0.25, 0.3) is 0 Å². The fraction of sp³-hybridized carbons (Fsp3) is 0.600. The maximum atomic E-state index is 5.79. The molecule has 0 aromatic heterocycles. The molecule has 0 spiro atoms. The minimum atomic E-state index is -0.477. The number of methoxy groups -OCH3 is 2. The van der Waals surface area contributed by atoms with Crippen LogP contribution in [-0.4, -0.2) is 38.0 Å². The standard InChI is InChI=1S/C15H21NO2/c1-17-15(18-2)9-5-10-16-11-8-12-6-3-4-7-13(12)14(15)16/h3-4,6-7,14H,5,8-11H2,1-2H3. The topological polar surface area (TPSA) is 21.7 Å². The molecule has 1 atom stereocenters. The first-order chi connectivity index (χ1) is 8.80. The Labute approximate surface area is 109 Å². The number of fused-ring (bicyclic) bond motifs is 3. The van der Waals surface area contributed by atoms with E-state index in [0.717, 1.165) is 32.4 Å². The number of ether oxygens (including phenoxy) is 2. The Kier molecular flexibility index (Phi) is 3.14. The van der Waals surface area contributed by atoms with Gasteiger partial charge in [-0.2, -0.15) is 0 Å². The van der Waals surface area contributed by atoms with E-state index in [4.69, 9.17) is 9.47 Å². The van der Waals surface area contributed by atoms with Gasteiger partial charge in [-0.1, -0.05) is 24.3 Å². The molecule has 0 N–H and O–H groups in total. The molecule has 3 nitrogen and oxygen atoms in total. The van der Waals surface area contributed by atoms with Crippen molar-refractivity contribution >= 4 is 0 Å². The summed E-state index contributed by atoms with van der Waals surface area (Å²) in [5.74, 6) is -0.477. The predicted molar refractivity (Wildman–Crippen MR) is 70.4 cm³/mol. The largest absolute Gasteiger partial charge is 0.351 e. The average molecular weight is 247 g/mol. The molecule has 2 aliphatic rings. The molecule has 2 aliphatic heterocycles. The number of benzene rings is 1. The second kappa shape index (κ2) is 4.65. The van der Waals surface area contributed by atoms with Crippen molar-refractivity contribution in [3.63, 3.8) is 0 Å². The molecule has 1 unspecified atom stereocenters. The molecule has 98 valence electrons. The van der Waals surface area contributed by atoms with Crippen LogP contribution in [0.3, 0.4) is 0 Å². The Balaban J connectivity index is 2.07. The lowest BCUT2D eigenvalue weighted by Crippen LogP contribution is -2.55. The van der Waals surface area contributed by atoms with Crippen LogP contribution in [0.4, 0.5) is 0 Å². The second-order valence-electron chi connectivity index (χ2n) is 5.21. The number of nitrogens with zero attached hydrogens (tertiary/aromatic N) is 1. The molecule has 0 bridgehead atoms. The maximum absolute atomic E-state index is 5.79. The van der Waals surface area contributed by atoms with E-state index in [1.165, 1.54) is 11.1 Å². The van der Waals surface area contributed by atoms with Gasteiger partial charge in [0.1, 0.15) is 0 Å². The molecular formula is C15H21NO2. The highest BCUT2D eigenvalue weighted by molar-refractivity contribution is 5.34. The van der Waals surface area contributed by atoms with Crippen molar-refractivity contribution in [2.75, 3.05) is 27.3 Å². The maximum Gasteiger partial charge on any atom is 0.187 e. The third kappa shape index (κ3) is 1.69. The van der Waals surface area contributed by atoms with Crippen LogP contribution in [-0.2, 0) is 15.9 Å². The highest BCUT2D eigenvalue weighted by atomic mass is 16.7. The van der Waals surface area contributed by atoms with Crippen molar-refractivity contribution in [3.8, 4) is 0 Å². The predicted octanol–water partition coefficient (Wildman–Crippen LogP) is 2.37. The van der Waals surface area contributed by atoms with Crippen molar-refractivity contribution in [2.45, 2.75) is 31.1 Å². The van der Waals surface area contributed by atoms with E-state index in [0.29, 0.717) is 0 Å². The van der Waals surface area contributed by atoms with E-state index in [1.54, 1.807) is 14.2 Å². The van der Waals surface area contributed by atoms with Crippen molar-refractivity contribution in [3.05, 3.63) is 35.4 Å². The van der Waals surface area contributed by atoms with Crippen LogP contribution in [0.1, 0.15) is 30.0 Å². The molecule has 1 fully saturated rings. The van der Waals surface area contributed by atoms with Crippen molar-refractivity contribution in [1.29, 1.82) is 0 Å². The summed E-state index contributed by atoms with van der Waals surface area (Å²) in [4.78, 5) is 2.51. The summed E-state index contributed by atoms with van der Waals surface area (Å²) < 4.78 is 11.6. The van der Waals surface area contributed by atoms with Gasteiger partial charge >= 0.3 is 0 Å². The van der Waals surface area contributed by atoms with Crippen LogP contribution >= 0.6 is 0 Å². The van der Waals surface area contributed by atoms with Crippen LogP contribution in [0.2, 0.25) is 0 Å². The molecule has 0 radical (unpaired) electrons. The molecule has 0 aliphatic carbocycles. The van der Waals surface area contributed by atoms with E-state index < -0.39 is 5.79 Å². The first kappa shape index (κ1) is 12.2. The highest BCUT2D eigenvalue weighted by Crippen LogP contribution is 2.45. The zero-order chi connectivity index (χ0) is 12.6. The van der Waals surface area contributed by atoms with Crippen LogP contribution in [0, 0.1) is 0 Å². The van der Waals surface area contributed by atoms with Crippen molar-refractivity contribution < 1.29 is 9.47 Å². The first-order valence-electron chi connectivity index (χ1n) is 6.73. The Hall–Kier alpha value is -0.900. The Morgan fingerprint density at radius 1 is 1.17 bits per heavy atom. The zero-order valence-electron chi connectivity index (χ0n) is 11.2. The lowest BCUT2D eigenvalue weighted by molar-refractivity contribution is -0.265. The molecule has 1 aromatic carbocycles. The summed E-state index contributed by atoms with van der Waals surface area (Å²) in [5, 5.41) is 0. The summed E-state index contributed by atoms with van der Waals surface area (Å²) in [5.41, 5.74) is 2.83. The normalized spacial score (nSPS) is 26.4. The van der Waals surface area contributed by atoms with Crippen LogP contribution in [0.15, 0.2) is 24.3 Å². The molecule has 18 heavy (non-hydrogen) atoms. The summed E-state index contributed by atoms with van der Waals surface area (Å²) in [6, 6.07) is 8.94. The summed E-state index contributed by atoms with van der Waals surface area (Å²) in [6.45, 7) is 2.25. The third-order valence-electron chi connectivity index (χ3n) is 4.46. The summed E-state index contributed by atoms with van der Waals surface area (Å²) in [7, 11) is 3.54. The summed E-state index contributed by atoms with van der Waals surface area (Å²) >= 11 is 0. The van der Waals surface area contributed by atoms with Gasteiger partial charge in [-0.3, -0.25) is 4.90 Å².